The first-order valence-corrected chi connectivity index (χ1v) is 6.51. The van der Waals surface area contributed by atoms with Crippen LogP contribution in [0.25, 0.3) is 0 Å². The number of sulfonamides is 1. The molecule has 90 valence electrons. The first-order valence-electron chi connectivity index (χ1n) is 5.02. The zero-order valence-electron chi connectivity index (χ0n) is 9.64. The molecule has 0 saturated heterocycles. The molecule has 5 nitrogen and oxygen atoms in total. The number of rotatable bonds is 4. The number of nitrogens with two attached hydrogens (primary N) is 1. The Bertz CT molecular complexity index is 457. The van der Waals surface area contributed by atoms with E-state index in [4.69, 9.17) is 5.73 Å². The Morgan fingerprint density at radius 3 is 2.50 bits per heavy atom. The molecule has 0 amide bonds. The van der Waals surface area contributed by atoms with Crippen LogP contribution in [0, 0.1) is 5.92 Å². The van der Waals surface area contributed by atoms with Crippen molar-refractivity contribution in [3.8, 4) is 0 Å². The van der Waals surface area contributed by atoms with Gasteiger partial charge in [-0.25, -0.2) is 13.1 Å². The zero-order valence-corrected chi connectivity index (χ0v) is 10.5. The summed E-state index contributed by atoms with van der Waals surface area (Å²) in [4.78, 5) is 4.05. The van der Waals surface area contributed by atoms with E-state index in [1.807, 2.05) is 13.8 Å². The summed E-state index contributed by atoms with van der Waals surface area (Å²) >= 11 is 0. The van der Waals surface area contributed by atoms with Gasteiger partial charge in [0.2, 0.25) is 10.0 Å². The number of aromatic nitrogens is 1. The van der Waals surface area contributed by atoms with Crippen molar-refractivity contribution in [2.24, 2.45) is 11.7 Å². The quantitative estimate of drug-likeness (QED) is 0.813. The minimum atomic E-state index is -3.45. The minimum absolute atomic E-state index is 0.142. The second-order valence-electron chi connectivity index (χ2n) is 3.93. The second kappa shape index (κ2) is 4.90. The first kappa shape index (κ1) is 13.1. The van der Waals surface area contributed by atoms with E-state index in [0.29, 0.717) is 0 Å². The van der Waals surface area contributed by atoms with Crippen LogP contribution in [0.15, 0.2) is 23.4 Å². The maximum atomic E-state index is 11.6. The molecule has 0 saturated carbocycles. The Labute approximate surface area is 96.1 Å². The topological polar surface area (TPSA) is 85.1 Å². The smallest absolute Gasteiger partial charge is 0.241 e. The molecule has 0 spiro atoms. The van der Waals surface area contributed by atoms with Crippen LogP contribution in [-0.4, -0.2) is 20.4 Å². The van der Waals surface area contributed by atoms with Crippen LogP contribution in [0.4, 0.5) is 0 Å². The van der Waals surface area contributed by atoms with Gasteiger partial charge in [0.1, 0.15) is 4.90 Å². The molecule has 16 heavy (non-hydrogen) atoms. The molecule has 6 heteroatoms. The van der Waals surface area contributed by atoms with Crippen molar-refractivity contribution in [1.82, 2.24) is 9.71 Å². The highest BCUT2D eigenvalue weighted by atomic mass is 32.2. The molecule has 1 unspecified atom stereocenters. The van der Waals surface area contributed by atoms with E-state index in [2.05, 4.69) is 9.71 Å². The molecule has 1 rings (SSSR count). The molecule has 1 heterocycles. The normalized spacial score (nSPS) is 14.1. The van der Waals surface area contributed by atoms with Gasteiger partial charge in [-0.3, -0.25) is 4.98 Å². The van der Waals surface area contributed by atoms with Gasteiger partial charge in [0.15, 0.2) is 0 Å². The van der Waals surface area contributed by atoms with Crippen LogP contribution in [0.5, 0.6) is 0 Å². The maximum absolute atomic E-state index is 11.6. The van der Waals surface area contributed by atoms with E-state index in [1.165, 1.54) is 13.2 Å². The predicted octanol–water partition coefficient (Wildman–Crippen LogP) is 0.645. The van der Waals surface area contributed by atoms with Crippen LogP contribution in [0.2, 0.25) is 0 Å². The lowest BCUT2D eigenvalue weighted by Crippen LogP contribution is -2.21. The lowest BCUT2D eigenvalue weighted by atomic mass is 9.99. The molecule has 0 aromatic carbocycles. The van der Waals surface area contributed by atoms with Crippen LogP contribution in [0.1, 0.15) is 25.5 Å². The summed E-state index contributed by atoms with van der Waals surface area (Å²) in [6.07, 6.45) is 2.90. The Balaban J connectivity index is 3.15. The average Bonchev–Trinajstić information content (AvgIpc) is 2.28. The van der Waals surface area contributed by atoms with Gasteiger partial charge in [0.05, 0.1) is 0 Å². The van der Waals surface area contributed by atoms with Gasteiger partial charge in [-0.05, 0) is 24.6 Å². The molecule has 0 aliphatic carbocycles. The molecular weight excluding hydrogens is 226 g/mol. The van der Waals surface area contributed by atoms with E-state index in [-0.39, 0.29) is 16.9 Å². The molecule has 0 bridgehead atoms. The number of nitrogens with one attached hydrogen (secondary N) is 1. The van der Waals surface area contributed by atoms with E-state index < -0.39 is 10.0 Å². The molecule has 0 aliphatic rings. The average molecular weight is 243 g/mol. The van der Waals surface area contributed by atoms with E-state index in [9.17, 15) is 8.42 Å². The second-order valence-corrected chi connectivity index (χ2v) is 5.82. The summed E-state index contributed by atoms with van der Waals surface area (Å²) < 4.78 is 25.4. The molecule has 1 aromatic rings. The monoisotopic (exact) mass is 243 g/mol. The van der Waals surface area contributed by atoms with Crippen LogP contribution in [0.3, 0.4) is 0 Å². The fourth-order valence-corrected chi connectivity index (χ4v) is 1.99. The van der Waals surface area contributed by atoms with Gasteiger partial charge in [-0.2, -0.15) is 0 Å². The lowest BCUT2D eigenvalue weighted by Gasteiger charge is -2.16. The third kappa shape index (κ3) is 2.78. The summed E-state index contributed by atoms with van der Waals surface area (Å²) in [6.45, 7) is 3.95. The molecule has 0 aliphatic heterocycles. The SMILES string of the molecule is CNS(=O)(=O)c1cncc(C(N)C(C)C)c1. The van der Waals surface area contributed by atoms with E-state index >= 15 is 0 Å². The first-order chi connectivity index (χ1) is 7.38. The Morgan fingerprint density at radius 2 is 2.00 bits per heavy atom. The Kier molecular flexibility index (Phi) is 4.01. The summed E-state index contributed by atoms with van der Waals surface area (Å²) in [6, 6.07) is 1.35. The highest BCUT2D eigenvalue weighted by molar-refractivity contribution is 7.89. The van der Waals surface area contributed by atoms with Gasteiger partial charge >= 0.3 is 0 Å². The fourth-order valence-electron chi connectivity index (χ4n) is 1.27. The van der Waals surface area contributed by atoms with Gasteiger partial charge in [0.25, 0.3) is 0 Å². The lowest BCUT2D eigenvalue weighted by molar-refractivity contribution is 0.511. The van der Waals surface area contributed by atoms with E-state index in [0.717, 1.165) is 5.56 Å². The van der Waals surface area contributed by atoms with Gasteiger partial charge in [-0.15, -0.1) is 0 Å². The van der Waals surface area contributed by atoms with Crippen molar-refractivity contribution in [2.75, 3.05) is 7.05 Å². The minimum Gasteiger partial charge on any atom is -0.324 e. The van der Waals surface area contributed by atoms with Crippen molar-refractivity contribution >= 4 is 10.0 Å². The molecule has 0 radical (unpaired) electrons. The van der Waals surface area contributed by atoms with Crippen molar-refractivity contribution in [3.63, 3.8) is 0 Å². The van der Waals surface area contributed by atoms with Crippen LogP contribution in [-0.2, 0) is 10.0 Å². The standard InChI is InChI=1S/C10H17N3O2S/c1-7(2)10(11)8-4-9(6-13-5-8)16(14,15)12-3/h4-7,10,12H,11H2,1-3H3. The van der Waals surface area contributed by atoms with Crippen molar-refractivity contribution in [2.45, 2.75) is 24.8 Å². The van der Waals surface area contributed by atoms with Crippen LogP contribution >= 0.6 is 0 Å². The predicted molar refractivity (Wildman–Crippen MR) is 62.2 cm³/mol. The highest BCUT2D eigenvalue weighted by Crippen LogP contribution is 2.20. The number of hydrogen-bond donors (Lipinski definition) is 2. The summed E-state index contributed by atoms with van der Waals surface area (Å²) in [7, 11) is -2.08. The third-order valence-corrected chi connectivity index (χ3v) is 3.80. The van der Waals surface area contributed by atoms with Crippen molar-refractivity contribution < 1.29 is 8.42 Å². The molecule has 3 N–H and O–H groups in total. The fraction of sp³-hybridized carbons (Fsp3) is 0.500. The van der Waals surface area contributed by atoms with Crippen molar-refractivity contribution in [1.29, 1.82) is 0 Å². The summed E-state index contributed by atoms with van der Waals surface area (Å²) in [5, 5.41) is 0. The maximum Gasteiger partial charge on any atom is 0.241 e. The van der Waals surface area contributed by atoms with Gasteiger partial charge < -0.3 is 5.73 Å². The van der Waals surface area contributed by atoms with Gasteiger partial charge in [-0.1, -0.05) is 13.8 Å². The van der Waals surface area contributed by atoms with Gasteiger partial charge in [0, 0.05) is 18.4 Å². The molecule has 0 fully saturated rings. The number of nitrogens with zero attached hydrogens (tertiary/aromatic N) is 1. The highest BCUT2D eigenvalue weighted by Gasteiger charge is 2.16. The summed E-state index contributed by atoms with van der Waals surface area (Å²) in [5.74, 6) is 0.231. The molecular formula is C10H17N3O2S. The summed E-state index contributed by atoms with van der Waals surface area (Å²) in [5.41, 5.74) is 6.66. The number of hydrogen-bond acceptors (Lipinski definition) is 4. The third-order valence-electron chi connectivity index (χ3n) is 2.42. The van der Waals surface area contributed by atoms with E-state index in [1.54, 1.807) is 12.3 Å². The Morgan fingerprint density at radius 1 is 1.38 bits per heavy atom. The largest absolute Gasteiger partial charge is 0.324 e. The molecule has 1 aromatic heterocycles. The Hall–Kier alpha value is -0.980. The van der Waals surface area contributed by atoms with Crippen molar-refractivity contribution in [3.05, 3.63) is 24.0 Å². The zero-order chi connectivity index (χ0) is 12.3. The molecule has 1 atom stereocenters. The van der Waals surface area contributed by atoms with Crippen LogP contribution < -0.4 is 10.5 Å². The number of pyridine rings is 1.